The van der Waals surface area contributed by atoms with Crippen molar-refractivity contribution in [1.29, 1.82) is 5.41 Å². The second kappa shape index (κ2) is 4.13. The van der Waals surface area contributed by atoms with Gasteiger partial charge in [-0.05, 0) is 31.5 Å². The zero-order valence-corrected chi connectivity index (χ0v) is 11.6. The molecule has 2 heterocycles. The largest absolute Gasteiger partial charge is 0.341 e. The molecular weight excluding hydrogens is 261 g/mol. The number of fused-ring (bicyclic) bond motifs is 1. The van der Waals surface area contributed by atoms with E-state index in [-0.39, 0.29) is 11.4 Å². The van der Waals surface area contributed by atoms with Gasteiger partial charge in [-0.25, -0.2) is 9.37 Å². The normalized spacial score (nSPS) is 14.9. The van der Waals surface area contributed by atoms with Crippen molar-refractivity contribution in [3.05, 3.63) is 51.7 Å². The van der Waals surface area contributed by atoms with E-state index in [4.69, 9.17) is 5.41 Å². The number of hydrogen-bond acceptors (Lipinski definition) is 3. The number of amidine groups is 1. The number of hydrogen-bond donors (Lipinski definition) is 1. The Labute approximate surface area is 115 Å². The Bertz CT molecular complexity index is 634. The molecule has 0 atom stereocenters. The number of aromatic nitrogens is 1. The topological polar surface area (TPSA) is 40.0 Å². The molecule has 0 bridgehead atoms. The van der Waals surface area contributed by atoms with Crippen molar-refractivity contribution in [2.24, 2.45) is 0 Å². The minimum atomic E-state index is -0.360. The van der Waals surface area contributed by atoms with E-state index in [1.807, 2.05) is 24.1 Å². The van der Waals surface area contributed by atoms with E-state index >= 15 is 0 Å². The molecule has 0 radical (unpaired) electrons. The molecule has 0 saturated heterocycles. The Hall–Kier alpha value is -1.75. The Morgan fingerprint density at radius 2 is 2.21 bits per heavy atom. The molecule has 1 aromatic heterocycles. The van der Waals surface area contributed by atoms with Gasteiger partial charge in [-0.3, -0.25) is 5.41 Å². The molecule has 1 aliphatic heterocycles. The first-order valence-electron chi connectivity index (χ1n) is 6.05. The van der Waals surface area contributed by atoms with Crippen LogP contribution in [0.1, 0.15) is 30.0 Å². The third-order valence-corrected chi connectivity index (χ3v) is 4.64. The van der Waals surface area contributed by atoms with E-state index in [1.165, 1.54) is 12.1 Å². The second-order valence-corrected chi connectivity index (χ2v) is 6.03. The van der Waals surface area contributed by atoms with Crippen molar-refractivity contribution in [1.82, 2.24) is 9.88 Å². The Morgan fingerprint density at radius 3 is 2.89 bits per heavy atom. The first kappa shape index (κ1) is 12.3. The van der Waals surface area contributed by atoms with Crippen LogP contribution in [0.2, 0.25) is 0 Å². The van der Waals surface area contributed by atoms with Crippen LogP contribution in [0.3, 0.4) is 0 Å². The summed E-state index contributed by atoms with van der Waals surface area (Å²) in [6.07, 6.45) is 1.77. The summed E-state index contributed by atoms with van der Waals surface area (Å²) < 4.78 is 13.3. The highest BCUT2D eigenvalue weighted by Crippen LogP contribution is 2.36. The quantitative estimate of drug-likeness (QED) is 0.913. The van der Waals surface area contributed by atoms with E-state index in [1.54, 1.807) is 23.6 Å². The van der Waals surface area contributed by atoms with Gasteiger partial charge in [0.25, 0.3) is 0 Å². The van der Waals surface area contributed by atoms with Crippen LogP contribution in [-0.4, -0.2) is 15.7 Å². The van der Waals surface area contributed by atoms with E-state index in [9.17, 15) is 4.39 Å². The zero-order valence-electron chi connectivity index (χ0n) is 10.8. The molecular formula is C14H14FN3S. The van der Waals surface area contributed by atoms with Gasteiger partial charge in [-0.15, -0.1) is 11.3 Å². The average Bonchev–Trinajstić information content (AvgIpc) is 2.99. The van der Waals surface area contributed by atoms with Gasteiger partial charge in [0.2, 0.25) is 0 Å². The standard InChI is InChI=1S/C14H14FN3S/c1-14(2,13-17-5-6-19-13)18-8-9-3-4-10(15)7-11(9)12(18)16/h3-7,16H,8H2,1-2H3. The van der Waals surface area contributed by atoms with Crippen molar-refractivity contribution in [2.75, 3.05) is 0 Å². The molecule has 19 heavy (non-hydrogen) atoms. The molecule has 1 aromatic carbocycles. The van der Waals surface area contributed by atoms with Gasteiger partial charge in [-0.1, -0.05) is 6.07 Å². The molecule has 0 unspecified atom stereocenters. The summed E-state index contributed by atoms with van der Waals surface area (Å²) in [5.41, 5.74) is 1.32. The van der Waals surface area contributed by atoms with Crippen LogP contribution < -0.4 is 0 Å². The third kappa shape index (κ3) is 1.85. The lowest BCUT2D eigenvalue weighted by atomic mass is 10.0. The monoisotopic (exact) mass is 275 g/mol. The van der Waals surface area contributed by atoms with Gasteiger partial charge < -0.3 is 4.90 Å². The van der Waals surface area contributed by atoms with E-state index < -0.39 is 0 Å². The first-order valence-corrected chi connectivity index (χ1v) is 6.93. The summed E-state index contributed by atoms with van der Waals surface area (Å²) in [5, 5.41) is 11.2. The lowest BCUT2D eigenvalue weighted by molar-refractivity contribution is 0.216. The minimum absolute atomic E-state index is 0.294. The number of nitrogens with one attached hydrogen (secondary N) is 1. The van der Waals surface area contributed by atoms with Gasteiger partial charge in [-0.2, -0.15) is 0 Å². The highest BCUT2D eigenvalue weighted by molar-refractivity contribution is 7.09. The molecule has 0 amide bonds. The summed E-state index contributed by atoms with van der Waals surface area (Å²) in [6, 6.07) is 4.65. The maximum absolute atomic E-state index is 13.3. The zero-order chi connectivity index (χ0) is 13.6. The summed E-state index contributed by atoms with van der Waals surface area (Å²) in [4.78, 5) is 6.32. The fourth-order valence-corrected chi connectivity index (χ4v) is 3.19. The van der Waals surface area contributed by atoms with Crippen molar-refractivity contribution >= 4 is 17.2 Å². The highest BCUT2D eigenvalue weighted by atomic mass is 32.1. The number of rotatable bonds is 2. The van der Waals surface area contributed by atoms with Gasteiger partial charge >= 0.3 is 0 Å². The SMILES string of the molecule is CC(C)(c1nccs1)N1Cc2ccc(F)cc2C1=N. The summed E-state index contributed by atoms with van der Waals surface area (Å²) in [7, 11) is 0. The molecule has 2 aromatic rings. The number of thiazole rings is 1. The lowest BCUT2D eigenvalue weighted by Crippen LogP contribution is -2.41. The van der Waals surface area contributed by atoms with Crippen LogP contribution >= 0.6 is 11.3 Å². The van der Waals surface area contributed by atoms with Crippen molar-refractivity contribution in [2.45, 2.75) is 25.9 Å². The fraction of sp³-hybridized carbons (Fsp3) is 0.286. The van der Waals surface area contributed by atoms with Crippen molar-refractivity contribution in [3.8, 4) is 0 Å². The predicted octanol–water partition coefficient (Wildman–Crippen LogP) is 3.36. The number of nitrogens with zero attached hydrogens (tertiary/aromatic N) is 2. The molecule has 5 heteroatoms. The molecule has 0 spiro atoms. The molecule has 98 valence electrons. The minimum Gasteiger partial charge on any atom is -0.341 e. The summed E-state index contributed by atoms with van der Waals surface area (Å²) in [5.74, 6) is 0.0760. The molecule has 3 rings (SSSR count). The highest BCUT2D eigenvalue weighted by Gasteiger charge is 2.38. The van der Waals surface area contributed by atoms with Gasteiger partial charge in [0.1, 0.15) is 16.7 Å². The molecule has 1 aliphatic rings. The van der Waals surface area contributed by atoms with Gasteiger partial charge in [0.05, 0.1) is 5.54 Å². The van der Waals surface area contributed by atoms with Crippen molar-refractivity contribution in [3.63, 3.8) is 0 Å². The maximum atomic E-state index is 13.3. The molecule has 0 fully saturated rings. The summed E-state index contributed by atoms with van der Waals surface area (Å²) >= 11 is 1.58. The first-order chi connectivity index (χ1) is 9.00. The summed E-state index contributed by atoms with van der Waals surface area (Å²) in [6.45, 7) is 4.71. The molecule has 3 nitrogen and oxygen atoms in total. The van der Waals surface area contributed by atoms with Gasteiger partial charge in [0.15, 0.2) is 0 Å². The Morgan fingerprint density at radius 1 is 1.42 bits per heavy atom. The van der Waals surface area contributed by atoms with Crippen LogP contribution in [0.4, 0.5) is 4.39 Å². The second-order valence-electron chi connectivity index (χ2n) is 5.13. The Balaban J connectivity index is 2.00. The number of halogens is 1. The smallest absolute Gasteiger partial charge is 0.129 e. The van der Waals surface area contributed by atoms with Crippen LogP contribution in [0.25, 0.3) is 0 Å². The average molecular weight is 275 g/mol. The lowest BCUT2D eigenvalue weighted by Gasteiger charge is -2.35. The maximum Gasteiger partial charge on any atom is 0.129 e. The number of benzene rings is 1. The van der Waals surface area contributed by atoms with Crippen molar-refractivity contribution < 1.29 is 4.39 Å². The van der Waals surface area contributed by atoms with Crippen LogP contribution in [0.15, 0.2) is 29.8 Å². The van der Waals surface area contributed by atoms with Gasteiger partial charge in [0, 0.05) is 23.7 Å². The third-order valence-electron chi connectivity index (χ3n) is 3.56. The van der Waals surface area contributed by atoms with Crippen LogP contribution in [0, 0.1) is 11.2 Å². The van der Waals surface area contributed by atoms with E-state index in [0.717, 1.165) is 10.6 Å². The molecule has 0 aliphatic carbocycles. The Kier molecular flexibility index (Phi) is 2.67. The van der Waals surface area contributed by atoms with E-state index in [0.29, 0.717) is 17.9 Å². The fourth-order valence-electron chi connectivity index (χ4n) is 2.42. The molecule has 1 N–H and O–H groups in total. The predicted molar refractivity (Wildman–Crippen MR) is 73.9 cm³/mol. The van der Waals surface area contributed by atoms with E-state index in [2.05, 4.69) is 4.98 Å². The molecule has 0 saturated carbocycles. The van der Waals surface area contributed by atoms with Crippen LogP contribution in [-0.2, 0) is 12.1 Å². The van der Waals surface area contributed by atoms with Crippen LogP contribution in [0.5, 0.6) is 0 Å².